The topological polar surface area (TPSA) is 59.1 Å². The summed E-state index contributed by atoms with van der Waals surface area (Å²) in [7, 11) is 0. The van der Waals surface area contributed by atoms with Crippen molar-refractivity contribution in [2.45, 2.75) is 30.9 Å². The second kappa shape index (κ2) is 2.80. The smallest absolute Gasteiger partial charge is 0.112 e. The Hall–Kier alpha value is -0.450. The van der Waals surface area contributed by atoms with Gasteiger partial charge < -0.3 is 10.8 Å². The molecule has 0 spiro atoms. The summed E-state index contributed by atoms with van der Waals surface area (Å²) in [5.74, 6) is 0. The van der Waals surface area contributed by atoms with Crippen LogP contribution in [-0.2, 0) is 0 Å². The Morgan fingerprint density at radius 3 is 2.83 bits per heavy atom. The number of nitrogens with zero attached hydrogens (tertiary/aromatic N) is 1. The monoisotopic (exact) mass is 184 g/mol. The molecule has 12 heavy (non-hydrogen) atoms. The van der Waals surface area contributed by atoms with E-state index in [1.807, 2.05) is 5.38 Å². The molecule has 1 fully saturated rings. The average molecular weight is 184 g/mol. The largest absolute Gasteiger partial charge is 0.388 e. The highest BCUT2D eigenvalue weighted by atomic mass is 32.1. The highest BCUT2D eigenvalue weighted by Gasteiger charge is 2.42. The molecule has 1 atom stereocenters. The van der Waals surface area contributed by atoms with Crippen molar-refractivity contribution in [3.05, 3.63) is 16.6 Å². The molecule has 0 saturated heterocycles. The molecule has 1 aliphatic carbocycles. The zero-order chi connectivity index (χ0) is 8.60. The van der Waals surface area contributed by atoms with Gasteiger partial charge in [0.2, 0.25) is 0 Å². The first kappa shape index (κ1) is 8.16. The number of hydrogen-bond acceptors (Lipinski definition) is 4. The number of aliphatic hydroxyl groups is 1. The van der Waals surface area contributed by atoms with Crippen molar-refractivity contribution in [3.8, 4) is 0 Å². The Kier molecular flexibility index (Phi) is 1.90. The summed E-state index contributed by atoms with van der Waals surface area (Å²) >= 11 is 1.51. The van der Waals surface area contributed by atoms with Crippen molar-refractivity contribution in [3.63, 3.8) is 0 Å². The lowest BCUT2D eigenvalue weighted by atomic mass is 9.75. The third-order valence-corrected chi connectivity index (χ3v) is 3.37. The van der Waals surface area contributed by atoms with Crippen LogP contribution in [0.4, 0.5) is 0 Å². The van der Waals surface area contributed by atoms with Gasteiger partial charge in [-0.2, -0.15) is 0 Å². The molecule has 0 radical (unpaired) electrons. The van der Waals surface area contributed by atoms with Crippen LogP contribution in [0, 0.1) is 0 Å². The Balaban J connectivity index is 2.14. The Bertz CT molecular complexity index is 256. The van der Waals surface area contributed by atoms with Crippen LogP contribution < -0.4 is 5.73 Å². The molecule has 0 bridgehead atoms. The number of rotatable bonds is 2. The van der Waals surface area contributed by atoms with Gasteiger partial charge in [-0.15, -0.1) is 11.3 Å². The van der Waals surface area contributed by atoms with Gasteiger partial charge in [-0.25, -0.2) is 4.98 Å². The van der Waals surface area contributed by atoms with E-state index in [0.29, 0.717) is 0 Å². The molecule has 1 aromatic heterocycles. The Morgan fingerprint density at radius 2 is 2.42 bits per heavy atom. The third-order valence-electron chi connectivity index (χ3n) is 2.52. The second-order valence-electron chi connectivity index (χ2n) is 3.31. The summed E-state index contributed by atoms with van der Waals surface area (Å²) in [6.45, 7) is 0. The summed E-state index contributed by atoms with van der Waals surface area (Å²) in [5, 5.41) is 12.6. The molecular formula is C8H12N2OS. The predicted molar refractivity (Wildman–Crippen MR) is 47.8 cm³/mol. The van der Waals surface area contributed by atoms with Crippen LogP contribution in [0.15, 0.2) is 11.6 Å². The van der Waals surface area contributed by atoms with E-state index in [-0.39, 0.29) is 6.04 Å². The molecule has 3 nitrogen and oxygen atoms in total. The van der Waals surface area contributed by atoms with Crippen LogP contribution in [0.2, 0.25) is 0 Å². The molecular weight excluding hydrogens is 172 g/mol. The minimum Gasteiger partial charge on any atom is -0.388 e. The minimum absolute atomic E-state index is 0.286. The summed E-state index contributed by atoms with van der Waals surface area (Å²) in [6, 6.07) is -0.286. The molecule has 0 amide bonds. The van der Waals surface area contributed by atoms with Gasteiger partial charge in [0.25, 0.3) is 0 Å². The van der Waals surface area contributed by atoms with Gasteiger partial charge in [-0.3, -0.25) is 0 Å². The fourth-order valence-electron chi connectivity index (χ4n) is 1.47. The van der Waals surface area contributed by atoms with E-state index in [9.17, 15) is 5.11 Å². The van der Waals surface area contributed by atoms with Crippen LogP contribution in [-0.4, -0.2) is 15.7 Å². The first-order valence-corrected chi connectivity index (χ1v) is 4.98. The quantitative estimate of drug-likeness (QED) is 0.722. The maximum absolute atomic E-state index is 9.89. The van der Waals surface area contributed by atoms with E-state index in [4.69, 9.17) is 5.73 Å². The zero-order valence-corrected chi connectivity index (χ0v) is 7.55. The van der Waals surface area contributed by atoms with Crippen LogP contribution in [0.5, 0.6) is 0 Å². The lowest BCUT2D eigenvalue weighted by Gasteiger charge is -2.40. The average Bonchev–Trinajstić information content (AvgIpc) is 2.50. The van der Waals surface area contributed by atoms with Gasteiger partial charge in [-0.1, -0.05) is 0 Å². The van der Waals surface area contributed by atoms with E-state index in [1.165, 1.54) is 11.3 Å². The first-order valence-electron chi connectivity index (χ1n) is 4.10. The molecule has 3 N–H and O–H groups in total. The molecule has 4 heteroatoms. The maximum Gasteiger partial charge on any atom is 0.112 e. The molecule has 1 aromatic rings. The minimum atomic E-state index is -0.669. The van der Waals surface area contributed by atoms with Gasteiger partial charge in [0.1, 0.15) is 5.01 Å². The maximum atomic E-state index is 9.89. The third kappa shape index (κ3) is 1.16. The van der Waals surface area contributed by atoms with Gasteiger partial charge >= 0.3 is 0 Å². The van der Waals surface area contributed by atoms with Gasteiger partial charge in [0.05, 0.1) is 11.6 Å². The molecule has 2 rings (SSSR count). The molecule has 0 aromatic carbocycles. The SMILES string of the molecule is NC(c1nccs1)C1(O)CCC1. The summed E-state index contributed by atoms with van der Waals surface area (Å²) in [6.07, 6.45) is 4.43. The highest BCUT2D eigenvalue weighted by molar-refractivity contribution is 7.09. The fourth-order valence-corrected chi connectivity index (χ4v) is 2.22. The molecule has 1 saturated carbocycles. The van der Waals surface area contributed by atoms with Crippen LogP contribution in [0.3, 0.4) is 0 Å². The molecule has 1 heterocycles. The van der Waals surface area contributed by atoms with Crippen molar-refractivity contribution in [2.24, 2.45) is 5.73 Å². The van der Waals surface area contributed by atoms with Crippen LogP contribution in [0.25, 0.3) is 0 Å². The van der Waals surface area contributed by atoms with Gasteiger partial charge in [0, 0.05) is 11.6 Å². The van der Waals surface area contributed by atoms with E-state index in [0.717, 1.165) is 24.3 Å². The lowest BCUT2D eigenvalue weighted by molar-refractivity contribution is -0.0559. The van der Waals surface area contributed by atoms with Gasteiger partial charge in [0.15, 0.2) is 0 Å². The Labute approximate surface area is 75.2 Å². The second-order valence-corrected chi connectivity index (χ2v) is 4.23. The highest BCUT2D eigenvalue weighted by Crippen LogP contribution is 2.40. The van der Waals surface area contributed by atoms with Crippen molar-refractivity contribution in [2.75, 3.05) is 0 Å². The van der Waals surface area contributed by atoms with Crippen molar-refractivity contribution in [1.82, 2.24) is 4.98 Å². The normalized spacial score (nSPS) is 23.2. The summed E-state index contributed by atoms with van der Waals surface area (Å²) in [5.41, 5.74) is 5.21. The van der Waals surface area contributed by atoms with Crippen LogP contribution in [0.1, 0.15) is 30.3 Å². The zero-order valence-electron chi connectivity index (χ0n) is 6.73. The summed E-state index contributed by atoms with van der Waals surface area (Å²) in [4.78, 5) is 4.10. The van der Waals surface area contributed by atoms with E-state index >= 15 is 0 Å². The molecule has 1 unspecified atom stereocenters. The number of aromatic nitrogens is 1. The predicted octanol–water partition coefficient (Wildman–Crippen LogP) is 1.06. The van der Waals surface area contributed by atoms with E-state index < -0.39 is 5.60 Å². The molecule has 0 aliphatic heterocycles. The molecule has 1 aliphatic rings. The van der Waals surface area contributed by atoms with Crippen molar-refractivity contribution >= 4 is 11.3 Å². The van der Waals surface area contributed by atoms with Crippen molar-refractivity contribution in [1.29, 1.82) is 0 Å². The number of thiazole rings is 1. The number of nitrogens with two attached hydrogens (primary N) is 1. The Morgan fingerprint density at radius 1 is 1.67 bits per heavy atom. The van der Waals surface area contributed by atoms with Crippen molar-refractivity contribution < 1.29 is 5.11 Å². The van der Waals surface area contributed by atoms with E-state index in [1.54, 1.807) is 6.20 Å². The first-order chi connectivity index (χ1) is 5.72. The standard InChI is InChI=1S/C8H12N2OS/c9-6(7-10-4-5-12-7)8(11)2-1-3-8/h4-6,11H,1-3,9H2. The van der Waals surface area contributed by atoms with Gasteiger partial charge in [-0.05, 0) is 19.3 Å². The fraction of sp³-hybridized carbons (Fsp3) is 0.625. The van der Waals surface area contributed by atoms with Crippen LogP contribution >= 0.6 is 11.3 Å². The summed E-state index contributed by atoms with van der Waals surface area (Å²) < 4.78 is 0. The lowest BCUT2D eigenvalue weighted by Crippen LogP contribution is -2.46. The molecule has 66 valence electrons. The van der Waals surface area contributed by atoms with E-state index in [2.05, 4.69) is 4.98 Å². The number of hydrogen-bond donors (Lipinski definition) is 2.